The zero-order valence-corrected chi connectivity index (χ0v) is 37.2. The Morgan fingerprint density at radius 3 is 1.11 bits per heavy atom. The van der Waals surface area contributed by atoms with E-state index >= 15 is 0 Å². The molecule has 0 bridgehead atoms. The molecule has 0 aliphatic rings. The van der Waals surface area contributed by atoms with Crippen molar-refractivity contribution in [2.45, 2.75) is 289 Å². The average molecular weight is 780 g/mol. The van der Waals surface area contributed by atoms with Crippen LogP contribution in [0.5, 0.6) is 0 Å². The standard InChI is InChI=1S/C49H97NO5/c1-3-5-7-9-11-13-15-17-19-23-27-31-35-39-43-49(54)55-44-40-36-32-28-24-20-22-26-30-34-38-42-48(53)50-46(45-51)47(52)41-37-33-29-25-21-18-16-14-12-10-8-6-4-2/h46-47,51-52H,3-45H2,1-2H3,(H,50,53). The van der Waals surface area contributed by atoms with Gasteiger partial charge in [-0.3, -0.25) is 9.59 Å². The zero-order valence-electron chi connectivity index (χ0n) is 37.2. The highest BCUT2D eigenvalue weighted by atomic mass is 16.5. The van der Waals surface area contributed by atoms with Crippen molar-refractivity contribution in [3.8, 4) is 0 Å². The molecule has 0 heterocycles. The van der Waals surface area contributed by atoms with Gasteiger partial charge in [-0.25, -0.2) is 0 Å². The summed E-state index contributed by atoms with van der Waals surface area (Å²) in [7, 11) is 0. The Bertz CT molecular complexity index is 776. The third-order valence-corrected chi connectivity index (χ3v) is 11.7. The van der Waals surface area contributed by atoms with Gasteiger partial charge in [-0.05, 0) is 25.7 Å². The number of aliphatic hydroxyl groups is 2. The van der Waals surface area contributed by atoms with E-state index in [0.29, 0.717) is 25.9 Å². The Morgan fingerprint density at radius 2 is 0.745 bits per heavy atom. The van der Waals surface area contributed by atoms with Crippen LogP contribution >= 0.6 is 0 Å². The highest BCUT2D eigenvalue weighted by molar-refractivity contribution is 5.76. The molecule has 0 fully saturated rings. The number of ether oxygens (including phenoxy) is 1. The smallest absolute Gasteiger partial charge is 0.305 e. The van der Waals surface area contributed by atoms with Crippen molar-refractivity contribution in [2.24, 2.45) is 0 Å². The van der Waals surface area contributed by atoms with Crippen molar-refractivity contribution in [1.29, 1.82) is 0 Å². The lowest BCUT2D eigenvalue weighted by molar-refractivity contribution is -0.143. The molecule has 0 aromatic carbocycles. The molecule has 0 saturated heterocycles. The van der Waals surface area contributed by atoms with Crippen molar-refractivity contribution in [3.05, 3.63) is 0 Å². The van der Waals surface area contributed by atoms with Crippen molar-refractivity contribution < 1.29 is 24.5 Å². The molecule has 0 aliphatic heterocycles. The Hall–Kier alpha value is -1.14. The molecule has 6 nitrogen and oxygen atoms in total. The fourth-order valence-corrected chi connectivity index (χ4v) is 7.82. The zero-order chi connectivity index (χ0) is 40.1. The summed E-state index contributed by atoms with van der Waals surface area (Å²) in [6.45, 7) is 4.92. The van der Waals surface area contributed by atoms with Gasteiger partial charge in [0.2, 0.25) is 5.91 Å². The van der Waals surface area contributed by atoms with E-state index in [9.17, 15) is 19.8 Å². The van der Waals surface area contributed by atoms with E-state index in [4.69, 9.17) is 4.74 Å². The van der Waals surface area contributed by atoms with Crippen LogP contribution in [0.3, 0.4) is 0 Å². The normalized spacial score (nSPS) is 12.6. The number of esters is 1. The van der Waals surface area contributed by atoms with E-state index in [-0.39, 0.29) is 18.5 Å². The minimum atomic E-state index is -0.673. The minimum absolute atomic E-state index is 0.0110. The molecule has 2 unspecified atom stereocenters. The Balaban J connectivity index is 3.45. The number of carbonyl (C=O) groups excluding carboxylic acids is 2. The SMILES string of the molecule is CCCCCCCCCCCCCCCCC(=O)OCCCCCCCCCCCCCC(=O)NC(CO)C(O)CCCCCCCCCCCCCCC. The number of amides is 1. The third-order valence-electron chi connectivity index (χ3n) is 11.7. The molecule has 0 radical (unpaired) electrons. The molecular weight excluding hydrogens is 683 g/mol. The summed E-state index contributed by atoms with van der Waals surface area (Å²) < 4.78 is 5.45. The lowest BCUT2D eigenvalue weighted by Gasteiger charge is -2.22. The Kier molecular flexibility index (Phi) is 44.6. The van der Waals surface area contributed by atoms with Gasteiger partial charge in [0.15, 0.2) is 0 Å². The Labute approximate surface area is 343 Å². The van der Waals surface area contributed by atoms with Crippen LogP contribution in [0, 0.1) is 0 Å². The van der Waals surface area contributed by atoms with Gasteiger partial charge in [-0.1, -0.05) is 239 Å². The molecule has 0 aliphatic carbocycles. The van der Waals surface area contributed by atoms with E-state index in [1.807, 2.05) is 0 Å². The number of hydrogen-bond donors (Lipinski definition) is 3. The van der Waals surface area contributed by atoms with E-state index in [1.165, 1.54) is 186 Å². The van der Waals surface area contributed by atoms with Crippen molar-refractivity contribution in [1.82, 2.24) is 5.32 Å². The number of nitrogens with one attached hydrogen (secondary N) is 1. The van der Waals surface area contributed by atoms with Crippen molar-refractivity contribution >= 4 is 11.9 Å². The van der Waals surface area contributed by atoms with Gasteiger partial charge in [-0.2, -0.15) is 0 Å². The van der Waals surface area contributed by atoms with Crippen LogP contribution in [0.15, 0.2) is 0 Å². The quantitative estimate of drug-likeness (QED) is 0.0422. The van der Waals surface area contributed by atoms with Gasteiger partial charge < -0.3 is 20.3 Å². The van der Waals surface area contributed by atoms with Crippen LogP contribution in [0.1, 0.15) is 277 Å². The van der Waals surface area contributed by atoms with Gasteiger partial charge >= 0.3 is 5.97 Å². The van der Waals surface area contributed by atoms with E-state index < -0.39 is 12.1 Å². The molecule has 6 heteroatoms. The molecule has 0 aromatic heterocycles. The first-order chi connectivity index (χ1) is 27.0. The maximum atomic E-state index is 12.4. The topological polar surface area (TPSA) is 95.9 Å². The summed E-state index contributed by atoms with van der Waals surface area (Å²) >= 11 is 0. The second-order valence-corrected chi connectivity index (χ2v) is 17.2. The number of carbonyl (C=O) groups is 2. The van der Waals surface area contributed by atoms with E-state index in [1.54, 1.807) is 0 Å². The minimum Gasteiger partial charge on any atom is -0.466 e. The number of unbranched alkanes of at least 4 members (excludes halogenated alkanes) is 35. The van der Waals surface area contributed by atoms with Gasteiger partial charge in [0, 0.05) is 12.8 Å². The molecule has 55 heavy (non-hydrogen) atoms. The molecule has 328 valence electrons. The predicted molar refractivity (Wildman–Crippen MR) is 237 cm³/mol. The first kappa shape index (κ1) is 53.9. The molecule has 0 saturated carbocycles. The summed E-state index contributed by atoms with van der Waals surface area (Å²) in [6.07, 6.45) is 49.2. The summed E-state index contributed by atoms with van der Waals surface area (Å²) in [4.78, 5) is 24.4. The van der Waals surface area contributed by atoms with Crippen LogP contribution in [-0.4, -0.2) is 47.4 Å². The first-order valence-electron chi connectivity index (χ1n) is 24.8. The Morgan fingerprint density at radius 1 is 0.436 bits per heavy atom. The van der Waals surface area contributed by atoms with Crippen LogP contribution in [-0.2, 0) is 14.3 Å². The highest BCUT2D eigenvalue weighted by Gasteiger charge is 2.20. The summed E-state index contributed by atoms with van der Waals surface area (Å²) in [5, 5.41) is 23.2. The number of hydrogen-bond acceptors (Lipinski definition) is 5. The molecule has 0 aromatic rings. The molecule has 0 spiro atoms. The maximum absolute atomic E-state index is 12.4. The second kappa shape index (κ2) is 45.6. The molecule has 1 amide bonds. The first-order valence-corrected chi connectivity index (χ1v) is 24.8. The molecule has 2 atom stereocenters. The van der Waals surface area contributed by atoms with Gasteiger partial charge in [0.1, 0.15) is 0 Å². The van der Waals surface area contributed by atoms with Crippen molar-refractivity contribution in [2.75, 3.05) is 13.2 Å². The summed E-state index contributed by atoms with van der Waals surface area (Å²) in [5.41, 5.74) is 0. The van der Waals surface area contributed by atoms with Crippen LogP contribution in [0.2, 0.25) is 0 Å². The molecular formula is C49H97NO5. The molecule has 3 N–H and O–H groups in total. The largest absolute Gasteiger partial charge is 0.466 e. The highest BCUT2D eigenvalue weighted by Crippen LogP contribution is 2.17. The summed E-state index contributed by atoms with van der Waals surface area (Å²) in [5.74, 6) is -0.0635. The monoisotopic (exact) mass is 780 g/mol. The third kappa shape index (κ3) is 42.3. The van der Waals surface area contributed by atoms with Crippen LogP contribution in [0.25, 0.3) is 0 Å². The van der Waals surface area contributed by atoms with E-state index in [2.05, 4.69) is 19.2 Å². The number of rotatable bonds is 46. The van der Waals surface area contributed by atoms with E-state index in [0.717, 1.165) is 57.8 Å². The predicted octanol–water partition coefficient (Wildman–Crippen LogP) is 14.4. The van der Waals surface area contributed by atoms with Gasteiger partial charge in [0.05, 0.1) is 25.4 Å². The van der Waals surface area contributed by atoms with Crippen LogP contribution in [0.4, 0.5) is 0 Å². The molecule has 0 rings (SSSR count). The fourth-order valence-electron chi connectivity index (χ4n) is 7.82. The summed E-state index contributed by atoms with van der Waals surface area (Å²) in [6, 6.07) is -0.552. The average Bonchev–Trinajstić information content (AvgIpc) is 3.18. The number of aliphatic hydroxyl groups excluding tert-OH is 2. The fraction of sp³-hybridized carbons (Fsp3) is 0.959. The van der Waals surface area contributed by atoms with Crippen molar-refractivity contribution in [3.63, 3.8) is 0 Å². The second-order valence-electron chi connectivity index (χ2n) is 17.2. The van der Waals surface area contributed by atoms with Gasteiger partial charge in [0.25, 0.3) is 0 Å². The maximum Gasteiger partial charge on any atom is 0.305 e. The lowest BCUT2D eigenvalue weighted by Crippen LogP contribution is -2.45. The van der Waals surface area contributed by atoms with Gasteiger partial charge in [-0.15, -0.1) is 0 Å². The van der Waals surface area contributed by atoms with Crippen LogP contribution < -0.4 is 5.32 Å². The lowest BCUT2D eigenvalue weighted by atomic mass is 10.0.